The zero-order valence-electron chi connectivity index (χ0n) is 26.8. The van der Waals surface area contributed by atoms with Crippen LogP contribution in [0, 0.1) is 5.82 Å². The van der Waals surface area contributed by atoms with Crippen molar-refractivity contribution in [3.8, 4) is 28.2 Å². The average molecular weight is 658 g/mol. The molecule has 0 aliphatic heterocycles. The van der Waals surface area contributed by atoms with Crippen LogP contribution in [-0.2, 0) is 32.7 Å². The second-order valence-corrected chi connectivity index (χ2v) is 13.1. The minimum absolute atomic E-state index is 0.00794. The molecule has 10 nitrogen and oxygen atoms in total. The molecule has 0 atom stereocenters. The second-order valence-electron chi connectivity index (χ2n) is 11.1. The highest BCUT2D eigenvalue weighted by atomic mass is 32.2. The number of hydrogen-bond acceptors (Lipinski definition) is 8. The molecule has 0 unspecified atom stereocenters. The Kier molecular flexibility index (Phi) is 10.1. The Balaban J connectivity index is 1.62. The van der Waals surface area contributed by atoms with Crippen molar-refractivity contribution in [1.82, 2.24) is 19.7 Å². The summed E-state index contributed by atoms with van der Waals surface area (Å²) in [7, 11) is -2.30. The molecule has 12 heteroatoms. The molecule has 0 saturated heterocycles. The molecule has 0 saturated carbocycles. The summed E-state index contributed by atoms with van der Waals surface area (Å²) >= 11 is 0. The predicted molar refractivity (Wildman–Crippen MR) is 178 cm³/mol. The zero-order valence-corrected chi connectivity index (χ0v) is 27.7. The molecule has 2 aromatic heterocycles. The fourth-order valence-corrected chi connectivity index (χ4v) is 5.46. The molecule has 0 bridgehead atoms. The lowest BCUT2D eigenvalue weighted by Crippen LogP contribution is -2.28. The smallest absolute Gasteiger partial charge is 0.342 e. The van der Waals surface area contributed by atoms with Gasteiger partial charge in [0.2, 0.25) is 16.0 Å². The lowest BCUT2D eigenvalue weighted by Gasteiger charge is -2.21. The van der Waals surface area contributed by atoms with Crippen LogP contribution in [0.2, 0.25) is 0 Å². The molecule has 0 aliphatic rings. The Hall–Kier alpha value is -4.94. The molecule has 0 fully saturated rings. The van der Waals surface area contributed by atoms with Gasteiger partial charge in [0.15, 0.2) is 0 Å². The van der Waals surface area contributed by atoms with Gasteiger partial charge in [0.1, 0.15) is 17.1 Å². The van der Waals surface area contributed by atoms with Gasteiger partial charge in [0, 0.05) is 23.7 Å². The number of esters is 1. The first-order valence-electron chi connectivity index (χ1n) is 15.1. The van der Waals surface area contributed by atoms with Crippen LogP contribution in [0.3, 0.4) is 0 Å². The predicted octanol–water partition coefficient (Wildman–Crippen LogP) is 6.55. The summed E-state index contributed by atoms with van der Waals surface area (Å²) in [5.74, 6) is -1.12. The SMILES string of the molecule is CCOC(=O)c1c(-c2ccccc2)nn(-c2ccccc2)c1COCc1c(-c2ccc(F)cc2)nc(N(C)S(C)(=O)=O)nc1C(C)C. The van der Waals surface area contributed by atoms with Crippen LogP contribution in [0.15, 0.2) is 84.9 Å². The van der Waals surface area contributed by atoms with E-state index in [-0.39, 0.29) is 37.3 Å². The largest absolute Gasteiger partial charge is 0.462 e. The Morgan fingerprint density at radius 1 is 0.894 bits per heavy atom. The third-order valence-corrected chi connectivity index (χ3v) is 8.62. The number of nitrogens with zero attached hydrogens (tertiary/aromatic N) is 5. The lowest BCUT2D eigenvalue weighted by atomic mass is 9.99. The van der Waals surface area contributed by atoms with Gasteiger partial charge in [-0.25, -0.2) is 36.6 Å². The molecule has 47 heavy (non-hydrogen) atoms. The third-order valence-electron chi connectivity index (χ3n) is 7.46. The van der Waals surface area contributed by atoms with E-state index in [0.717, 1.165) is 21.8 Å². The first kappa shape index (κ1) is 33.4. The topological polar surface area (TPSA) is 117 Å². The molecular formula is C35H36FN5O5S. The number of hydrogen-bond donors (Lipinski definition) is 0. The molecule has 0 radical (unpaired) electrons. The monoisotopic (exact) mass is 657 g/mol. The lowest BCUT2D eigenvalue weighted by molar-refractivity contribution is 0.0516. The molecule has 3 aromatic carbocycles. The van der Waals surface area contributed by atoms with Crippen LogP contribution in [-0.4, -0.2) is 54.0 Å². The van der Waals surface area contributed by atoms with Crippen LogP contribution in [0.25, 0.3) is 28.2 Å². The van der Waals surface area contributed by atoms with E-state index in [1.54, 1.807) is 23.7 Å². The second kappa shape index (κ2) is 14.2. The van der Waals surface area contributed by atoms with E-state index in [2.05, 4.69) is 9.97 Å². The van der Waals surface area contributed by atoms with E-state index in [1.165, 1.54) is 19.2 Å². The summed E-state index contributed by atoms with van der Waals surface area (Å²) in [5, 5.41) is 4.87. The molecule has 2 heterocycles. The normalized spacial score (nSPS) is 11.6. The van der Waals surface area contributed by atoms with Gasteiger partial charge in [-0.05, 0) is 49.2 Å². The van der Waals surface area contributed by atoms with E-state index in [1.807, 2.05) is 74.5 Å². The zero-order chi connectivity index (χ0) is 33.7. The van der Waals surface area contributed by atoms with Crippen molar-refractivity contribution in [3.63, 3.8) is 0 Å². The summed E-state index contributed by atoms with van der Waals surface area (Å²) < 4.78 is 53.4. The molecular weight excluding hydrogens is 621 g/mol. The van der Waals surface area contributed by atoms with Crippen molar-refractivity contribution in [1.29, 1.82) is 0 Å². The van der Waals surface area contributed by atoms with Gasteiger partial charge in [-0.15, -0.1) is 0 Å². The maximum absolute atomic E-state index is 13.9. The molecule has 0 amide bonds. The summed E-state index contributed by atoms with van der Waals surface area (Å²) in [4.78, 5) is 22.8. The number of aromatic nitrogens is 4. The van der Waals surface area contributed by atoms with Gasteiger partial charge in [0.05, 0.1) is 48.8 Å². The van der Waals surface area contributed by atoms with Gasteiger partial charge in [-0.2, -0.15) is 5.10 Å². The summed E-state index contributed by atoms with van der Waals surface area (Å²) in [6.07, 6.45) is 1.07. The number of halogens is 1. The molecule has 0 aliphatic carbocycles. The number of carbonyl (C=O) groups is 1. The number of carbonyl (C=O) groups excluding carboxylic acids is 1. The number of para-hydroxylation sites is 1. The molecule has 244 valence electrons. The Bertz CT molecular complexity index is 1970. The maximum Gasteiger partial charge on any atom is 0.342 e. The molecule has 5 aromatic rings. The summed E-state index contributed by atoms with van der Waals surface area (Å²) in [6.45, 7) is 5.72. The highest BCUT2D eigenvalue weighted by molar-refractivity contribution is 7.92. The summed E-state index contributed by atoms with van der Waals surface area (Å²) in [6, 6.07) is 24.6. The maximum atomic E-state index is 13.9. The van der Waals surface area contributed by atoms with Crippen LogP contribution < -0.4 is 4.31 Å². The van der Waals surface area contributed by atoms with E-state index < -0.39 is 21.8 Å². The fourth-order valence-electron chi connectivity index (χ4n) is 5.08. The van der Waals surface area contributed by atoms with Gasteiger partial charge >= 0.3 is 5.97 Å². The molecule has 0 N–H and O–H groups in total. The number of anilines is 1. The summed E-state index contributed by atoms with van der Waals surface area (Å²) in [5.41, 5.74) is 4.82. The number of ether oxygens (including phenoxy) is 2. The third kappa shape index (κ3) is 7.39. The highest BCUT2D eigenvalue weighted by Crippen LogP contribution is 2.33. The number of sulfonamides is 1. The van der Waals surface area contributed by atoms with Crippen LogP contribution >= 0.6 is 0 Å². The van der Waals surface area contributed by atoms with Crippen LogP contribution in [0.4, 0.5) is 10.3 Å². The first-order valence-corrected chi connectivity index (χ1v) is 16.9. The van der Waals surface area contributed by atoms with Gasteiger partial charge in [-0.3, -0.25) is 0 Å². The van der Waals surface area contributed by atoms with Crippen molar-refractivity contribution >= 4 is 21.9 Å². The number of benzene rings is 3. The van der Waals surface area contributed by atoms with Crippen molar-refractivity contribution in [3.05, 3.63) is 113 Å². The fraction of sp³-hybridized carbons (Fsp3) is 0.257. The minimum atomic E-state index is -3.68. The Morgan fingerprint density at radius 3 is 2.11 bits per heavy atom. The van der Waals surface area contributed by atoms with E-state index in [4.69, 9.17) is 14.6 Å². The Labute approximate surface area is 273 Å². The van der Waals surface area contributed by atoms with E-state index in [9.17, 15) is 17.6 Å². The van der Waals surface area contributed by atoms with E-state index >= 15 is 0 Å². The van der Waals surface area contributed by atoms with Crippen LogP contribution in [0.1, 0.15) is 54.0 Å². The standard InChI is InChI=1S/C35H36FN5O5S/c1-6-46-34(42)30-29(41(27-15-11-8-12-16-27)39-33(30)24-13-9-7-10-14-24)22-45-21-28-31(23(2)3)37-35(40(4)47(5,43)44)38-32(28)25-17-19-26(36)20-18-25/h7-20,23H,6,21-22H2,1-5H3. The van der Waals surface area contributed by atoms with Crippen molar-refractivity contribution in [2.24, 2.45) is 0 Å². The quantitative estimate of drug-likeness (QED) is 0.139. The van der Waals surface area contributed by atoms with E-state index in [0.29, 0.717) is 33.9 Å². The van der Waals surface area contributed by atoms with Crippen LogP contribution in [0.5, 0.6) is 0 Å². The number of rotatable bonds is 12. The van der Waals surface area contributed by atoms with Crippen molar-refractivity contribution in [2.75, 3.05) is 24.2 Å². The average Bonchev–Trinajstić information content (AvgIpc) is 3.44. The van der Waals surface area contributed by atoms with Gasteiger partial charge in [-0.1, -0.05) is 62.4 Å². The van der Waals surface area contributed by atoms with Gasteiger partial charge in [0.25, 0.3) is 0 Å². The molecule has 5 rings (SSSR count). The minimum Gasteiger partial charge on any atom is -0.462 e. The molecule has 0 spiro atoms. The van der Waals surface area contributed by atoms with Crippen molar-refractivity contribution < 1.29 is 27.1 Å². The van der Waals surface area contributed by atoms with Crippen molar-refractivity contribution in [2.45, 2.75) is 39.9 Å². The van der Waals surface area contributed by atoms with Gasteiger partial charge < -0.3 is 9.47 Å². The Morgan fingerprint density at radius 2 is 1.51 bits per heavy atom. The first-order chi connectivity index (χ1) is 22.5. The highest BCUT2D eigenvalue weighted by Gasteiger charge is 2.28.